The van der Waals surface area contributed by atoms with E-state index in [0.29, 0.717) is 41.2 Å². The first-order valence-electron chi connectivity index (χ1n) is 13.1. The van der Waals surface area contributed by atoms with E-state index in [2.05, 4.69) is 15.4 Å². The van der Waals surface area contributed by atoms with Gasteiger partial charge in [-0.3, -0.25) is 4.79 Å². The van der Waals surface area contributed by atoms with Gasteiger partial charge in [0.2, 0.25) is 5.78 Å². The van der Waals surface area contributed by atoms with Crippen LogP contribution in [0.25, 0.3) is 16.6 Å². The van der Waals surface area contributed by atoms with Crippen LogP contribution in [0.1, 0.15) is 21.6 Å². The number of nitrogens with one attached hydrogen (secondary N) is 2. The molecule has 12 heteroatoms. The monoisotopic (exact) mass is 577 g/mol. The van der Waals surface area contributed by atoms with E-state index in [-0.39, 0.29) is 34.6 Å². The predicted molar refractivity (Wildman–Crippen MR) is 151 cm³/mol. The number of ketones is 1. The fourth-order valence-corrected chi connectivity index (χ4v) is 4.66. The van der Waals surface area contributed by atoms with Crippen LogP contribution < -0.4 is 20.5 Å². The summed E-state index contributed by atoms with van der Waals surface area (Å²) in [6, 6.07) is 16.2. The fraction of sp³-hybridized carbons (Fsp3) is 0.200. The zero-order valence-electron chi connectivity index (χ0n) is 22.4. The molecule has 0 bridgehead atoms. The minimum atomic E-state index is -2.64. The van der Waals surface area contributed by atoms with Crippen LogP contribution in [0.5, 0.6) is 17.2 Å². The molecule has 1 saturated heterocycles. The fourth-order valence-electron chi connectivity index (χ4n) is 4.66. The molecular formula is C30H26F3N5O4. The average molecular weight is 578 g/mol. The second-order valence-corrected chi connectivity index (χ2v) is 9.86. The van der Waals surface area contributed by atoms with Gasteiger partial charge < -0.3 is 30.2 Å². The van der Waals surface area contributed by atoms with Crippen LogP contribution in [0.15, 0.2) is 66.9 Å². The molecule has 0 radical (unpaired) electrons. The molecule has 1 fully saturated rings. The Bertz CT molecular complexity index is 1780. The van der Waals surface area contributed by atoms with E-state index < -0.39 is 24.6 Å². The number of aromatic amines is 1. The molecule has 0 amide bonds. The predicted octanol–water partition coefficient (Wildman–Crippen LogP) is 5.86. The molecule has 42 heavy (non-hydrogen) atoms. The van der Waals surface area contributed by atoms with Crippen LogP contribution in [-0.4, -0.2) is 52.8 Å². The van der Waals surface area contributed by atoms with Gasteiger partial charge in [-0.15, -0.1) is 0 Å². The van der Waals surface area contributed by atoms with Gasteiger partial charge in [0.25, 0.3) is 6.43 Å². The van der Waals surface area contributed by atoms with E-state index in [9.17, 15) is 18.0 Å². The van der Waals surface area contributed by atoms with Crippen molar-refractivity contribution in [1.29, 1.82) is 0 Å². The van der Waals surface area contributed by atoms with Gasteiger partial charge in [-0.25, -0.2) is 17.9 Å². The number of hydrogen-bond acceptors (Lipinski definition) is 7. The Morgan fingerprint density at radius 3 is 2.69 bits per heavy atom. The second kappa shape index (κ2) is 11.1. The molecule has 3 heterocycles. The van der Waals surface area contributed by atoms with Gasteiger partial charge in [-0.05, 0) is 61.0 Å². The summed E-state index contributed by atoms with van der Waals surface area (Å²) in [6.45, 7) is 2.04. The maximum Gasteiger partial charge on any atom is 0.272 e. The van der Waals surface area contributed by atoms with Crippen molar-refractivity contribution in [2.45, 2.75) is 19.4 Å². The van der Waals surface area contributed by atoms with Gasteiger partial charge >= 0.3 is 0 Å². The Morgan fingerprint density at radius 1 is 1.17 bits per heavy atom. The van der Waals surface area contributed by atoms with E-state index in [1.54, 1.807) is 48.5 Å². The number of H-pyrrole nitrogens is 1. The lowest BCUT2D eigenvalue weighted by atomic mass is 10.1. The molecule has 3 aromatic carbocycles. The first-order chi connectivity index (χ1) is 20.3. The van der Waals surface area contributed by atoms with E-state index in [0.717, 1.165) is 5.56 Å². The summed E-state index contributed by atoms with van der Waals surface area (Å²) >= 11 is 0. The summed E-state index contributed by atoms with van der Waals surface area (Å²) in [5, 5.41) is 8.17. The van der Waals surface area contributed by atoms with Crippen LogP contribution in [0.3, 0.4) is 0 Å². The third-order valence-corrected chi connectivity index (χ3v) is 6.84. The summed E-state index contributed by atoms with van der Waals surface area (Å²) in [6.07, 6.45) is -1.25. The number of hydrogen-bond donors (Lipinski definition) is 3. The standard InChI is InChI=1S/C30H26F3N5O4/c1-16-8-19(42-26-5-3-2-4-21(26)31)6-7-25(16)38-30(34)20(12-35-38)29(39)24-9-17-10-27(41-15-28(32)33)23(11-22(17)37-24)36-18-13-40-14-18/h2-12,18,28,36-37H,13-15,34H2,1H3. The average Bonchev–Trinajstić information content (AvgIpc) is 3.53. The van der Waals surface area contributed by atoms with Crippen molar-refractivity contribution in [3.8, 4) is 22.9 Å². The smallest absolute Gasteiger partial charge is 0.272 e. The first-order valence-corrected chi connectivity index (χ1v) is 13.1. The van der Waals surface area contributed by atoms with Crippen LogP contribution in [0, 0.1) is 12.7 Å². The van der Waals surface area contributed by atoms with Crippen molar-refractivity contribution in [3.05, 3.63) is 89.5 Å². The SMILES string of the molecule is Cc1cc(Oc2ccccc2F)ccc1-n1ncc(C(=O)c2cc3cc(OCC(F)F)c(NC4COC4)cc3[nH]2)c1N. The van der Waals surface area contributed by atoms with Gasteiger partial charge in [-0.2, -0.15) is 5.10 Å². The lowest BCUT2D eigenvalue weighted by Crippen LogP contribution is -2.40. The van der Waals surface area contributed by atoms with Crippen molar-refractivity contribution in [3.63, 3.8) is 0 Å². The number of rotatable bonds is 10. The number of nitrogens with two attached hydrogens (primary N) is 1. The molecule has 216 valence electrons. The van der Waals surface area contributed by atoms with Gasteiger partial charge in [0, 0.05) is 10.9 Å². The third-order valence-electron chi connectivity index (χ3n) is 6.84. The zero-order chi connectivity index (χ0) is 29.4. The highest BCUT2D eigenvalue weighted by Crippen LogP contribution is 2.34. The Hall–Kier alpha value is -4.97. The van der Waals surface area contributed by atoms with Crippen molar-refractivity contribution >= 4 is 28.2 Å². The number of carbonyl (C=O) groups is 1. The van der Waals surface area contributed by atoms with Crippen LogP contribution in [0.4, 0.5) is 24.7 Å². The Labute approximate surface area is 238 Å². The van der Waals surface area contributed by atoms with Crippen LogP contribution >= 0.6 is 0 Å². The minimum Gasteiger partial charge on any atom is -0.485 e. The molecule has 4 N–H and O–H groups in total. The molecule has 1 aliphatic heterocycles. The van der Waals surface area contributed by atoms with Gasteiger partial charge in [0.05, 0.1) is 48.1 Å². The zero-order valence-corrected chi connectivity index (χ0v) is 22.4. The first kappa shape index (κ1) is 27.2. The molecule has 0 aliphatic carbocycles. The maximum atomic E-state index is 14.0. The molecule has 1 aliphatic rings. The van der Waals surface area contributed by atoms with E-state index in [1.807, 2.05) is 6.92 Å². The Kier molecular flexibility index (Phi) is 7.21. The normalized spacial score (nSPS) is 13.4. The summed E-state index contributed by atoms with van der Waals surface area (Å²) in [5.41, 5.74) is 9.27. The molecule has 0 saturated carbocycles. The van der Waals surface area contributed by atoms with Crippen molar-refractivity contribution in [1.82, 2.24) is 14.8 Å². The number of ether oxygens (including phenoxy) is 3. The number of nitrogens with zero attached hydrogens (tertiary/aromatic N) is 2. The second-order valence-electron chi connectivity index (χ2n) is 9.86. The summed E-state index contributed by atoms with van der Waals surface area (Å²) in [5.74, 6) is 0.0204. The number of anilines is 2. The molecular weight excluding hydrogens is 551 g/mol. The van der Waals surface area contributed by atoms with Gasteiger partial charge in [-0.1, -0.05) is 12.1 Å². The number of aryl methyl sites for hydroxylation is 1. The topological polar surface area (TPSA) is 116 Å². The molecule has 0 unspecified atom stereocenters. The van der Waals surface area contributed by atoms with Crippen molar-refractivity contribution in [2.75, 3.05) is 30.9 Å². The number of para-hydroxylation sites is 1. The summed E-state index contributed by atoms with van der Waals surface area (Å²) < 4.78 is 57.4. The lowest BCUT2D eigenvalue weighted by molar-refractivity contribution is 0.0209. The summed E-state index contributed by atoms with van der Waals surface area (Å²) in [7, 11) is 0. The van der Waals surface area contributed by atoms with Crippen molar-refractivity contribution in [2.24, 2.45) is 0 Å². The van der Waals surface area contributed by atoms with Crippen LogP contribution in [-0.2, 0) is 4.74 Å². The molecule has 0 spiro atoms. The number of halogens is 3. The lowest BCUT2D eigenvalue weighted by Gasteiger charge is -2.28. The van der Waals surface area contributed by atoms with E-state index >= 15 is 0 Å². The Balaban J connectivity index is 1.26. The number of fused-ring (bicyclic) bond motifs is 1. The highest BCUT2D eigenvalue weighted by Gasteiger charge is 2.23. The van der Waals surface area contributed by atoms with Crippen LogP contribution in [0.2, 0.25) is 0 Å². The number of alkyl halides is 2. The molecule has 0 atom stereocenters. The molecule has 6 rings (SSSR count). The number of carbonyl (C=O) groups excluding carboxylic acids is 1. The van der Waals surface area contributed by atoms with E-state index in [4.69, 9.17) is 19.9 Å². The number of benzene rings is 3. The van der Waals surface area contributed by atoms with Gasteiger partial charge in [0.1, 0.15) is 23.9 Å². The highest BCUT2D eigenvalue weighted by molar-refractivity contribution is 6.12. The molecule has 2 aromatic heterocycles. The number of nitrogen functional groups attached to an aromatic ring is 1. The van der Waals surface area contributed by atoms with Gasteiger partial charge in [0.15, 0.2) is 11.6 Å². The molecule has 9 nitrogen and oxygen atoms in total. The highest BCUT2D eigenvalue weighted by atomic mass is 19.3. The summed E-state index contributed by atoms with van der Waals surface area (Å²) in [4.78, 5) is 16.6. The largest absolute Gasteiger partial charge is 0.485 e. The quantitative estimate of drug-likeness (QED) is 0.178. The van der Waals surface area contributed by atoms with Crippen molar-refractivity contribution < 1.29 is 32.2 Å². The molecule has 5 aromatic rings. The number of aromatic nitrogens is 3. The minimum absolute atomic E-state index is 0.0293. The third kappa shape index (κ3) is 5.36. The maximum absolute atomic E-state index is 14.0. The Morgan fingerprint density at radius 2 is 1.98 bits per heavy atom. The van der Waals surface area contributed by atoms with E-state index in [1.165, 1.54) is 23.0 Å².